The van der Waals surface area contributed by atoms with Gasteiger partial charge in [-0.25, -0.2) is 8.42 Å². The summed E-state index contributed by atoms with van der Waals surface area (Å²) in [6.45, 7) is 0.582. The van der Waals surface area contributed by atoms with Crippen molar-refractivity contribution in [2.45, 2.75) is 24.0 Å². The highest BCUT2D eigenvalue weighted by Gasteiger charge is 2.37. The van der Waals surface area contributed by atoms with E-state index in [9.17, 15) is 31.2 Å². The number of halogens is 4. The minimum absolute atomic E-state index is 0.232. The van der Waals surface area contributed by atoms with Crippen LogP contribution >= 0.6 is 11.6 Å². The summed E-state index contributed by atoms with van der Waals surface area (Å²) < 4.78 is 70.9. The third-order valence-corrected chi connectivity index (χ3v) is 5.64. The molecule has 2 rings (SSSR count). The number of hydrazine groups is 1. The van der Waals surface area contributed by atoms with Crippen LogP contribution in [-0.4, -0.2) is 32.9 Å². The molecule has 8 nitrogen and oxygen atoms in total. The Bertz CT molecular complexity index is 1060. The van der Waals surface area contributed by atoms with Gasteiger partial charge in [-0.15, -0.1) is 0 Å². The Labute approximate surface area is 180 Å². The zero-order valence-corrected chi connectivity index (χ0v) is 17.4. The lowest BCUT2D eigenvalue weighted by Gasteiger charge is -2.17. The lowest BCUT2D eigenvalue weighted by molar-refractivity contribution is -0.139. The first-order valence-corrected chi connectivity index (χ1v) is 10.4. The zero-order chi connectivity index (χ0) is 23.2. The molecule has 2 aromatic rings. The van der Waals surface area contributed by atoms with Gasteiger partial charge in [0.05, 0.1) is 21.5 Å². The van der Waals surface area contributed by atoms with Gasteiger partial charge in [-0.2, -0.15) is 17.9 Å². The fourth-order valence-electron chi connectivity index (χ4n) is 2.27. The molecule has 3 N–H and O–H groups in total. The first kappa shape index (κ1) is 24.4. The molecule has 0 aliphatic heterocycles. The highest BCUT2D eigenvalue weighted by molar-refractivity contribution is 7.89. The van der Waals surface area contributed by atoms with E-state index in [2.05, 4.69) is 0 Å². The average molecular weight is 480 g/mol. The van der Waals surface area contributed by atoms with Gasteiger partial charge in [0.2, 0.25) is 10.0 Å². The van der Waals surface area contributed by atoms with Crippen molar-refractivity contribution in [1.29, 1.82) is 0 Å². The first-order chi connectivity index (χ1) is 14.4. The Morgan fingerprint density at radius 2 is 1.68 bits per heavy atom. The average Bonchev–Trinajstić information content (AvgIpc) is 2.70. The summed E-state index contributed by atoms with van der Waals surface area (Å²) in [5.41, 5.74) is 2.57. The Balaban J connectivity index is 1.93. The topological polar surface area (TPSA) is 114 Å². The van der Waals surface area contributed by atoms with Gasteiger partial charge in [-0.1, -0.05) is 35.9 Å². The van der Waals surface area contributed by atoms with Crippen molar-refractivity contribution in [3.63, 3.8) is 0 Å². The van der Waals surface area contributed by atoms with Crippen LogP contribution in [0, 0.1) is 0 Å². The number of sulfonamides is 1. The largest absolute Gasteiger partial charge is 0.482 e. The van der Waals surface area contributed by atoms with Crippen LogP contribution in [-0.2, 0) is 25.8 Å². The number of carbonyl (C=O) groups excluding carboxylic acids is 2. The van der Waals surface area contributed by atoms with E-state index in [-0.39, 0.29) is 10.8 Å². The van der Waals surface area contributed by atoms with Gasteiger partial charge in [0, 0.05) is 0 Å². The van der Waals surface area contributed by atoms with Crippen LogP contribution in [0.25, 0.3) is 0 Å². The Hall–Kier alpha value is -2.83. The number of hydrogen-bond acceptors (Lipinski definition) is 5. The normalized spacial score (nSPS) is 12.7. The third kappa shape index (κ3) is 6.84. The van der Waals surface area contributed by atoms with E-state index in [0.29, 0.717) is 6.07 Å². The van der Waals surface area contributed by atoms with E-state index in [1.807, 2.05) is 15.6 Å². The second kappa shape index (κ2) is 9.98. The van der Waals surface area contributed by atoms with E-state index in [1.165, 1.54) is 6.07 Å². The number of nitrogens with one attached hydrogen (secondary N) is 3. The molecule has 13 heteroatoms. The van der Waals surface area contributed by atoms with E-state index in [4.69, 9.17) is 16.3 Å². The number of carbonyl (C=O) groups is 2. The maximum atomic E-state index is 13.1. The predicted molar refractivity (Wildman–Crippen MR) is 104 cm³/mol. The number of hydrogen-bond donors (Lipinski definition) is 3. The summed E-state index contributed by atoms with van der Waals surface area (Å²) in [7, 11) is -4.69. The fourth-order valence-corrected chi connectivity index (χ4v) is 3.89. The van der Waals surface area contributed by atoms with Crippen LogP contribution in [0.5, 0.6) is 5.75 Å². The lowest BCUT2D eigenvalue weighted by Crippen LogP contribution is -2.52. The number of amides is 2. The van der Waals surface area contributed by atoms with Gasteiger partial charge < -0.3 is 4.74 Å². The van der Waals surface area contributed by atoms with Gasteiger partial charge >= 0.3 is 6.18 Å². The summed E-state index contributed by atoms with van der Waals surface area (Å²) in [6.07, 6.45) is -4.91. The Morgan fingerprint density at radius 1 is 1.06 bits per heavy atom. The highest BCUT2D eigenvalue weighted by Crippen LogP contribution is 2.33. The fraction of sp³-hybridized carbons (Fsp3) is 0.222. The summed E-state index contributed by atoms with van der Waals surface area (Å²) in [6, 6.07) is 8.38. The number of rotatable bonds is 7. The lowest BCUT2D eigenvalue weighted by atomic mass is 10.2. The molecule has 31 heavy (non-hydrogen) atoms. The van der Waals surface area contributed by atoms with Gasteiger partial charge in [0.25, 0.3) is 11.8 Å². The molecule has 0 spiro atoms. The SMILES string of the molecule is C[C@H](NS(=O)(=O)c1ccccc1C(F)(F)F)C(=O)NNC(=O)COc1ccccc1Cl. The molecule has 2 amide bonds. The molecular formula is C18H17ClF3N3O5S. The van der Waals surface area contributed by atoms with Crippen LogP contribution in [0.1, 0.15) is 12.5 Å². The highest BCUT2D eigenvalue weighted by atomic mass is 35.5. The van der Waals surface area contributed by atoms with Gasteiger partial charge in [0.15, 0.2) is 6.61 Å². The van der Waals surface area contributed by atoms with Crippen molar-refractivity contribution in [3.8, 4) is 5.75 Å². The number of alkyl halides is 3. The number of ether oxygens (including phenoxy) is 1. The molecule has 1 atom stereocenters. The van der Waals surface area contributed by atoms with E-state index in [1.54, 1.807) is 18.2 Å². The molecule has 0 aliphatic rings. The second-order valence-electron chi connectivity index (χ2n) is 6.09. The van der Waals surface area contributed by atoms with Crippen LogP contribution in [0.15, 0.2) is 53.4 Å². The second-order valence-corrected chi connectivity index (χ2v) is 8.18. The quantitative estimate of drug-likeness (QED) is 0.527. The third-order valence-electron chi connectivity index (χ3n) is 3.73. The zero-order valence-electron chi connectivity index (χ0n) is 15.9. The van der Waals surface area contributed by atoms with Gasteiger partial charge in [0.1, 0.15) is 5.75 Å². The Kier molecular flexibility index (Phi) is 7.87. The monoisotopic (exact) mass is 479 g/mol. The minimum atomic E-state index is -4.91. The van der Waals surface area contributed by atoms with Crippen molar-refractivity contribution >= 4 is 33.4 Å². The molecular weight excluding hydrogens is 463 g/mol. The molecule has 168 valence electrons. The molecule has 0 aliphatic carbocycles. The minimum Gasteiger partial charge on any atom is -0.482 e. The molecule has 0 fully saturated rings. The van der Waals surface area contributed by atoms with Crippen LogP contribution in [0.2, 0.25) is 5.02 Å². The van der Waals surface area contributed by atoms with Crippen molar-refractivity contribution in [3.05, 3.63) is 59.1 Å². The molecule has 0 saturated heterocycles. The smallest absolute Gasteiger partial charge is 0.417 e. The Morgan fingerprint density at radius 3 is 2.32 bits per heavy atom. The standard InChI is InChI=1S/C18H17ClF3N3O5S/c1-11(25-31(28,29)15-9-5-2-6-12(15)18(20,21)22)17(27)24-23-16(26)10-30-14-8-4-3-7-13(14)19/h2-9,11,25H,10H2,1H3,(H,23,26)(H,24,27)/t11-/m0/s1. The van der Waals surface area contributed by atoms with Crippen molar-refractivity contribution in [1.82, 2.24) is 15.6 Å². The number of para-hydroxylation sites is 1. The summed E-state index contributed by atoms with van der Waals surface area (Å²) in [4.78, 5) is 22.8. The van der Waals surface area contributed by atoms with Gasteiger partial charge in [-0.3, -0.25) is 20.4 Å². The van der Waals surface area contributed by atoms with E-state index in [0.717, 1.165) is 25.1 Å². The summed E-state index contributed by atoms with van der Waals surface area (Å²) in [5.74, 6) is -1.57. The molecule has 0 bridgehead atoms. The maximum absolute atomic E-state index is 13.1. The van der Waals surface area contributed by atoms with Crippen molar-refractivity contribution < 1.29 is 35.9 Å². The predicted octanol–water partition coefficient (Wildman–Crippen LogP) is 2.25. The molecule has 0 aromatic heterocycles. The molecule has 2 aromatic carbocycles. The van der Waals surface area contributed by atoms with E-state index < -0.39 is 51.1 Å². The molecule has 0 heterocycles. The molecule has 0 radical (unpaired) electrons. The van der Waals surface area contributed by atoms with Crippen LogP contribution < -0.4 is 20.3 Å². The van der Waals surface area contributed by atoms with E-state index >= 15 is 0 Å². The summed E-state index contributed by atoms with van der Waals surface area (Å²) in [5, 5.41) is 0.265. The van der Waals surface area contributed by atoms with Crippen LogP contribution in [0.4, 0.5) is 13.2 Å². The van der Waals surface area contributed by atoms with Crippen molar-refractivity contribution in [2.75, 3.05) is 6.61 Å². The maximum Gasteiger partial charge on any atom is 0.417 e. The summed E-state index contributed by atoms with van der Waals surface area (Å²) >= 11 is 5.87. The molecule has 0 saturated carbocycles. The first-order valence-electron chi connectivity index (χ1n) is 8.56. The van der Waals surface area contributed by atoms with Gasteiger partial charge in [-0.05, 0) is 31.2 Å². The van der Waals surface area contributed by atoms with Crippen LogP contribution in [0.3, 0.4) is 0 Å². The molecule has 0 unspecified atom stereocenters. The van der Waals surface area contributed by atoms with Crippen molar-refractivity contribution in [2.24, 2.45) is 0 Å². The number of benzene rings is 2.